The van der Waals surface area contributed by atoms with Crippen molar-refractivity contribution >= 4 is 23.8 Å². The minimum Gasteiger partial charge on any atom is -0.480 e. The molecule has 0 aromatic rings. The van der Waals surface area contributed by atoms with Crippen molar-refractivity contribution in [2.24, 2.45) is 5.92 Å². The molecule has 18 heavy (non-hydrogen) atoms. The van der Waals surface area contributed by atoms with E-state index in [1.807, 2.05) is 6.26 Å². The number of nitrogens with one attached hydrogen (secondary N) is 2. The molecule has 0 aliphatic heterocycles. The van der Waals surface area contributed by atoms with Crippen LogP contribution in [0.1, 0.15) is 32.6 Å². The topological polar surface area (TPSA) is 78.4 Å². The number of urea groups is 1. The van der Waals surface area contributed by atoms with Crippen LogP contribution in [0.25, 0.3) is 0 Å². The van der Waals surface area contributed by atoms with Crippen LogP contribution in [-0.4, -0.2) is 41.2 Å². The predicted octanol–water partition coefficient (Wildman–Crippen LogP) is 1.68. The van der Waals surface area contributed by atoms with Gasteiger partial charge in [0.05, 0.1) is 0 Å². The first-order chi connectivity index (χ1) is 8.50. The number of carboxylic acids is 1. The lowest BCUT2D eigenvalue weighted by Crippen LogP contribution is -2.56. The maximum atomic E-state index is 11.6. The molecule has 1 unspecified atom stereocenters. The summed E-state index contributed by atoms with van der Waals surface area (Å²) in [6.45, 7) is 2.17. The lowest BCUT2D eigenvalue weighted by Gasteiger charge is -2.26. The van der Waals surface area contributed by atoms with E-state index in [0.29, 0.717) is 6.54 Å². The Morgan fingerprint density at radius 1 is 1.39 bits per heavy atom. The Labute approximate surface area is 112 Å². The molecule has 0 aromatic carbocycles. The zero-order valence-electron chi connectivity index (χ0n) is 11.0. The van der Waals surface area contributed by atoms with E-state index >= 15 is 0 Å². The minimum atomic E-state index is -1.12. The normalized spacial score (nSPS) is 17.9. The van der Waals surface area contributed by atoms with Gasteiger partial charge in [0.15, 0.2) is 0 Å². The third-order valence-electron chi connectivity index (χ3n) is 3.27. The molecule has 0 radical (unpaired) electrons. The van der Waals surface area contributed by atoms with E-state index in [9.17, 15) is 14.7 Å². The van der Waals surface area contributed by atoms with Crippen molar-refractivity contribution in [3.63, 3.8) is 0 Å². The van der Waals surface area contributed by atoms with Crippen LogP contribution in [0.15, 0.2) is 0 Å². The summed E-state index contributed by atoms with van der Waals surface area (Å²) < 4.78 is 0. The van der Waals surface area contributed by atoms with Crippen molar-refractivity contribution in [3.8, 4) is 0 Å². The van der Waals surface area contributed by atoms with Crippen LogP contribution < -0.4 is 10.6 Å². The molecule has 1 atom stereocenters. The number of hydrogen-bond acceptors (Lipinski definition) is 3. The molecule has 5 nitrogen and oxygen atoms in total. The quantitative estimate of drug-likeness (QED) is 0.588. The Bertz CT molecular complexity index is 308. The number of aliphatic carboxylic acids is 1. The zero-order valence-corrected chi connectivity index (χ0v) is 11.8. The van der Waals surface area contributed by atoms with E-state index in [4.69, 9.17) is 0 Å². The number of carbonyl (C=O) groups excluding carboxylic acids is 1. The molecular formula is C12H22N2O3S. The summed E-state index contributed by atoms with van der Waals surface area (Å²) in [4.78, 5) is 22.8. The third-order valence-corrected chi connectivity index (χ3v) is 3.97. The van der Waals surface area contributed by atoms with E-state index in [2.05, 4.69) is 10.6 Å². The molecule has 1 rings (SSSR count). The summed E-state index contributed by atoms with van der Waals surface area (Å²) in [5.74, 6) is 0.192. The molecule has 0 aromatic heterocycles. The van der Waals surface area contributed by atoms with E-state index < -0.39 is 11.5 Å². The highest BCUT2D eigenvalue weighted by atomic mass is 32.2. The molecule has 0 saturated heterocycles. The Morgan fingerprint density at radius 2 is 2.06 bits per heavy atom. The first-order valence-corrected chi connectivity index (χ1v) is 7.68. The van der Waals surface area contributed by atoms with Crippen LogP contribution in [0.2, 0.25) is 0 Å². The van der Waals surface area contributed by atoms with Crippen molar-refractivity contribution in [3.05, 3.63) is 0 Å². The highest BCUT2D eigenvalue weighted by Gasteiger charge is 2.48. The van der Waals surface area contributed by atoms with Crippen LogP contribution in [0.4, 0.5) is 4.79 Å². The molecule has 0 bridgehead atoms. The van der Waals surface area contributed by atoms with Crippen LogP contribution in [-0.2, 0) is 4.79 Å². The van der Waals surface area contributed by atoms with E-state index in [-0.39, 0.29) is 11.9 Å². The van der Waals surface area contributed by atoms with Gasteiger partial charge in [-0.05, 0) is 50.5 Å². The fourth-order valence-electron chi connectivity index (χ4n) is 1.84. The largest absolute Gasteiger partial charge is 0.480 e. The highest BCUT2D eigenvalue weighted by molar-refractivity contribution is 7.98. The average molecular weight is 274 g/mol. The maximum Gasteiger partial charge on any atom is 0.329 e. The van der Waals surface area contributed by atoms with Gasteiger partial charge in [0.25, 0.3) is 0 Å². The number of rotatable bonds is 8. The number of carboxylic acid groups (broad SMARTS) is 1. The molecule has 1 fully saturated rings. The zero-order chi connectivity index (χ0) is 13.6. The van der Waals surface area contributed by atoms with Crippen molar-refractivity contribution in [2.45, 2.75) is 38.1 Å². The van der Waals surface area contributed by atoms with Crippen LogP contribution in [0.5, 0.6) is 0 Å². The molecule has 0 spiro atoms. The number of hydrogen-bond donors (Lipinski definition) is 3. The summed E-state index contributed by atoms with van der Waals surface area (Å²) in [5.41, 5.74) is -1.12. The summed E-state index contributed by atoms with van der Waals surface area (Å²) >= 11 is 1.78. The van der Waals surface area contributed by atoms with Gasteiger partial charge in [-0.3, -0.25) is 0 Å². The molecule has 3 N–H and O–H groups in total. The predicted molar refractivity (Wildman–Crippen MR) is 72.9 cm³/mol. The lowest BCUT2D eigenvalue weighted by molar-refractivity contribution is -0.144. The minimum absolute atomic E-state index is 0.0669. The Kier molecular flexibility index (Phi) is 5.78. The first kappa shape index (κ1) is 15.1. The Morgan fingerprint density at radius 3 is 2.56 bits per heavy atom. The van der Waals surface area contributed by atoms with Crippen LogP contribution >= 0.6 is 11.8 Å². The fourth-order valence-corrected chi connectivity index (χ4v) is 2.34. The van der Waals surface area contributed by atoms with Gasteiger partial charge in [-0.15, -0.1) is 0 Å². The number of amides is 2. The fraction of sp³-hybridized carbons (Fsp3) is 0.833. The van der Waals surface area contributed by atoms with Gasteiger partial charge in [0, 0.05) is 6.54 Å². The SMILES string of the molecule is CSCCCCNC(=O)NC(C)(C(=O)O)C1CC1. The molecule has 6 heteroatoms. The van der Waals surface area contributed by atoms with Crippen molar-refractivity contribution < 1.29 is 14.7 Å². The number of thioether (sulfide) groups is 1. The number of unbranched alkanes of at least 4 members (excludes halogenated alkanes) is 1. The van der Waals surface area contributed by atoms with Gasteiger partial charge in [-0.2, -0.15) is 11.8 Å². The molecular weight excluding hydrogens is 252 g/mol. The average Bonchev–Trinajstić information content (AvgIpc) is 3.12. The molecule has 104 valence electrons. The second-order valence-electron chi connectivity index (χ2n) is 4.86. The van der Waals surface area contributed by atoms with Crippen molar-refractivity contribution in [1.82, 2.24) is 10.6 Å². The summed E-state index contributed by atoms with van der Waals surface area (Å²) in [7, 11) is 0. The van der Waals surface area contributed by atoms with Gasteiger partial charge >= 0.3 is 12.0 Å². The second-order valence-corrected chi connectivity index (χ2v) is 5.85. The highest BCUT2D eigenvalue weighted by Crippen LogP contribution is 2.39. The summed E-state index contributed by atoms with van der Waals surface area (Å²) in [6, 6.07) is -0.379. The standard InChI is InChI=1S/C12H22N2O3S/c1-12(10(15)16,9-5-6-9)14-11(17)13-7-3-4-8-18-2/h9H,3-8H2,1-2H3,(H,15,16)(H2,13,14,17). The van der Waals surface area contributed by atoms with Crippen LogP contribution in [0.3, 0.4) is 0 Å². The van der Waals surface area contributed by atoms with Gasteiger partial charge < -0.3 is 15.7 Å². The maximum absolute atomic E-state index is 11.6. The number of carbonyl (C=O) groups is 2. The van der Waals surface area contributed by atoms with Gasteiger partial charge in [0.2, 0.25) is 0 Å². The molecule has 2 amide bonds. The van der Waals surface area contributed by atoms with Crippen molar-refractivity contribution in [1.29, 1.82) is 0 Å². The van der Waals surface area contributed by atoms with Crippen molar-refractivity contribution in [2.75, 3.05) is 18.6 Å². The van der Waals surface area contributed by atoms with E-state index in [1.165, 1.54) is 0 Å². The van der Waals surface area contributed by atoms with E-state index in [0.717, 1.165) is 31.4 Å². The van der Waals surface area contributed by atoms with Gasteiger partial charge in [0.1, 0.15) is 5.54 Å². The van der Waals surface area contributed by atoms with Gasteiger partial charge in [-0.25, -0.2) is 9.59 Å². The third kappa shape index (κ3) is 4.40. The molecule has 0 heterocycles. The molecule has 1 aliphatic carbocycles. The first-order valence-electron chi connectivity index (χ1n) is 6.29. The smallest absolute Gasteiger partial charge is 0.329 e. The Hall–Kier alpha value is -0.910. The Balaban J connectivity index is 2.27. The monoisotopic (exact) mass is 274 g/mol. The summed E-state index contributed by atoms with van der Waals surface area (Å²) in [5, 5.41) is 14.5. The lowest BCUT2D eigenvalue weighted by atomic mass is 9.96. The van der Waals surface area contributed by atoms with Crippen LogP contribution in [0, 0.1) is 5.92 Å². The van der Waals surface area contributed by atoms with E-state index in [1.54, 1.807) is 18.7 Å². The second kappa shape index (κ2) is 6.87. The molecule has 1 aliphatic rings. The van der Waals surface area contributed by atoms with Gasteiger partial charge in [-0.1, -0.05) is 0 Å². The molecule has 1 saturated carbocycles. The summed E-state index contributed by atoms with van der Waals surface area (Å²) in [6.07, 6.45) is 5.77.